The molecule has 1 aliphatic heterocycles. The number of Topliss-reactive ketones (excluding diaryl/α,β-unsaturated/α-hetero) is 1. The van der Waals surface area contributed by atoms with E-state index in [9.17, 15) is 23.2 Å². The van der Waals surface area contributed by atoms with Crippen LogP contribution < -0.4 is 10.9 Å². The molecular weight excluding hydrogens is 526 g/mol. The van der Waals surface area contributed by atoms with Crippen molar-refractivity contribution in [3.8, 4) is 11.1 Å². The fourth-order valence-electron chi connectivity index (χ4n) is 5.52. The normalized spacial score (nSPS) is 16.2. The Kier molecular flexibility index (Phi) is 9.17. The van der Waals surface area contributed by atoms with Gasteiger partial charge < -0.3 is 9.88 Å². The maximum absolute atomic E-state index is 13.8. The average molecular weight is 565 g/mol. The highest BCUT2D eigenvalue weighted by molar-refractivity contribution is 5.83. The van der Waals surface area contributed by atoms with Crippen LogP contribution in [0.15, 0.2) is 59.8 Å². The minimum absolute atomic E-state index is 0.0656. The highest BCUT2D eigenvalue weighted by Crippen LogP contribution is 2.30. The largest absolute Gasteiger partial charge is 0.347 e. The van der Waals surface area contributed by atoms with Gasteiger partial charge in [-0.05, 0) is 67.0 Å². The monoisotopic (exact) mass is 564 g/mol. The van der Waals surface area contributed by atoms with E-state index in [0.717, 1.165) is 22.3 Å². The smallest absolute Gasteiger partial charge is 0.272 e. The van der Waals surface area contributed by atoms with Gasteiger partial charge in [-0.2, -0.15) is 0 Å². The van der Waals surface area contributed by atoms with E-state index in [-0.39, 0.29) is 43.3 Å². The lowest BCUT2D eigenvalue weighted by molar-refractivity contribution is -0.133. The first-order valence-electron chi connectivity index (χ1n) is 14.0. The summed E-state index contributed by atoms with van der Waals surface area (Å²) in [5.41, 5.74) is 5.13. The predicted octanol–water partition coefficient (Wildman–Crippen LogP) is 5.40. The lowest BCUT2D eigenvalue weighted by atomic mass is 9.94. The molecule has 3 aromatic rings. The molecule has 41 heavy (non-hydrogen) atoms. The standard InChI is InChI=1S/C32H38F2N4O3/c1-20(2)11-28(38-17-24(9-10-29(38)40)16-37-18-32(33,34)19-37)31(41)36-27(12-23(5)39)25-13-26(15-35-14-25)30-21(3)7-6-8-22(30)4/h6-10,13-15,17,20,27-28H,11-12,16,18-19H2,1-5H3,(H,36,41)/t27-,28?/m0/s1. The molecule has 0 spiro atoms. The number of benzene rings is 1. The molecule has 1 aromatic carbocycles. The van der Waals surface area contributed by atoms with Gasteiger partial charge in [0.2, 0.25) is 5.91 Å². The van der Waals surface area contributed by atoms with Gasteiger partial charge in [-0.3, -0.25) is 24.3 Å². The number of aryl methyl sites for hydroxylation is 2. The van der Waals surface area contributed by atoms with Gasteiger partial charge in [-0.15, -0.1) is 0 Å². The van der Waals surface area contributed by atoms with Gasteiger partial charge in [0.1, 0.15) is 11.8 Å². The van der Waals surface area contributed by atoms with Crippen molar-refractivity contribution in [1.82, 2.24) is 19.8 Å². The fourth-order valence-corrected chi connectivity index (χ4v) is 5.52. The molecule has 3 heterocycles. The first-order valence-corrected chi connectivity index (χ1v) is 14.0. The SMILES string of the molecule is CC(=O)C[C@H](NC(=O)C(CC(C)C)n1cc(CN2CC(F)(F)C2)ccc1=O)c1cncc(-c2c(C)cccc2C)c1. The molecule has 7 nitrogen and oxygen atoms in total. The minimum atomic E-state index is -2.69. The molecule has 0 saturated carbocycles. The third kappa shape index (κ3) is 7.52. The van der Waals surface area contributed by atoms with Crippen molar-refractivity contribution in [1.29, 1.82) is 0 Å². The van der Waals surface area contributed by atoms with E-state index < -0.39 is 23.9 Å². The van der Waals surface area contributed by atoms with E-state index in [1.54, 1.807) is 29.6 Å². The van der Waals surface area contributed by atoms with Crippen molar-refractivity contribution >= 4 is 11.7 Å². The van der Waals surface area contributed by atoms with E-state index in [0.29, 0.717) is 17.5 Å². The highest BCUT2D eigenvalue weighted by Gasteiger charge is 2.43. The van der Waals surface area contributed by atoms with Gasteiger partial charge >= 0.3 is 0 Å². The Labute approximate surface area is 239 Å². The highest BCUT2D eigenvalue weighted by atomic mass is 19.3. The van der Waals surface area contributed by atoms with Crippen LogP contribution in [0.5, 0.6) is 0 Å². The predicted molar refractivity (Wildman–Crippen MR) is 155 cm³/mol. The Morgan fingerprint density at radius 1 is 1.07 bits per heavy atom. The van der Waals surface area contributed by atoms with Gasteiger partial charge in [0.05, 0.1) is 19.1 Å². The van der Waals surface area contributed by atoms with Gasteiger partial charge in [0.25, 0.3) is 11.5 Å². The molecule has 2 aromatic heterocycles. The Balaban J connectivity index is 1.63. The summed E-state index contributed by atoms with van der Waals surface area (Å²) in [4.78, 5) is 45.1. The summed E-state index contributed by atoms with van der Waals surface area (Å²) in [6.07, 6.45) is 5.46. The Hall–Kier alpha value is -3.72. The van der Waals surface area contributed by atoms with E-state index >= 15 is 0 Å². The molecule has 1 N–H and O–H groups in total. The second kappa shape index (κ2) is 12.4. The van der Waals surface area contributed by atoms with Crippen molar-refractivity contribution in [2.75, 3.05) is 13.1 Å². The van der Waals surface area contributed by atoms with Gasteiger partial charge in [-0.1, -0.05) is 38.1 Å². The molecule has 4 rings (SSSR count). The molecule has 1 unspecified atom stereocenters. The molecule has 2 atom stereocenters. The number of alkyl halides is 2. The maximum Gasteiger partial charge on any atom is 0.272 e. The van der Waals surface area contributed by atoms with Crippen LogP contribution in [-0.2, 0) is 16.1 Å². The second-order valence-corrected chi connectivity index (χ2v) is 11.7. The number of aromatic nitrogens is 2. The van der Waals surface area contributed by atoms with Crippen LogP contribution in [0.2, 0.25) is 0 Å². The summed E-state index contributed by atoms with van der Waals surface area (Å²) in [5.74, 6) is -3.10. The van der Waals surface area contributed by atoms with Crippen LogP contribution in [0, 0.1) is 19.8 Å². The van der Waals surface area contributed by atoms with Crippen LogP contribution in [0.25, 0.3) is 11.1 Å². The number of hydrogen-bond acceptors (Lipinski definition) is 5. The lowest BCUT2D eigenvalue weighted by Crippen LogP contribution is -2.55. The minimum Gasteiger partial charge on any atom is -0.347 e. The number of carbonyl (C=O) groups excluding carboxylic acids is 2. The summed E-state index contributed by atoms with van der Waals surface area (Å²) in [6.45, 7) is 9.05. The Bertz CT molecular complexity index is 1460. The number of likely N-dealkylation sites (tertiary alicyclic amines) is 1. The third-order valence-corrected chi connectivity index (χ3v) is 7.39. The van der Waals surface area contributed by atoms with Crippen LogP contribution in [-0.4, -0.2) is 45.2 Å². The van der Waals surface area contributed by atoms with Crippen molar-refractivity contribution in [3.63, 3.8) is 0 Å². The summed E-state index contributed by atoms with van der Waals surface area (Å²) in [7, 11) is 0. The van der Waals surface area contributed by atoms with Crippen LogP contribution in [0.4, 0.5) is 8.78 Å². The number of hydrogen-bond donors (Lipinski definition) is 1. The third-order valence-electron chi connectivity index (χ3n) is 7.39. The van der Waals surface area contributed by atoms with Crippen molar-refractivity contribution in [2.24, 2.45) is 5.92 Å². The number of amides is 1. The number of carbonyl (C=O) groups is 2. The lowest BCUT2D eigenvalue weighted by Gasteiger charge is -2.38. The Morgan fingerprint density at radius 3 is 2.37 bits per heavy atom. The topological polar surface area (TPSA) is 84.3 Å². The van der Waals surface area contributed by atoms with E-state index in [1.165, 1.54) is 17.6 Å². The summed E-state index contributed by atoms with van der Waals surface area (Å²) in [5, 5.41) is 3.03. The first kappa shape index (κ1) is 30.2. The molecular formula is C32H38F2N4O3. The maximum atomic E-state index is 13.8. The molecule has 218 valence electrons. The van der Waals surface area contributed by atoms with Crippen LogP contribution in [0.1, 0.15) is 68.0 Å². The van der Waals surface area contributed by atoms with Crippen LogP contribution >= 0.6 is 0 Å². The van der Waals surface area contributed by atoms with Gasteiger partial charge in [-0.25, -0.2) is 8.78 Å². The molecule has 1 fully saturated rings. The van der Waals surface area contributed by atoms with Gasteiger partial charge in [0.15, 0.2) is 0 Å². The number of rotatable bonds is 11. The number of nitrogens with one attached hydrogen (secondary N) is 1. The van der Waals surface area contributed by atoms with Crippen molar-refractivity contribution < 1.29 is 18.4 Å². The van der Waals surface area contributed by atoms with Crippen molar-refractivity contribution in [3.05, 3.63) is 87.6 Å². The Morgan fingerprint density at radius 2 is 1.76 bits per heavy atom. The molecule has 1 saturated heterocycles. The molecule has 0 radical (unpaired) electrons. The summed E-state index contributed by atoms with van der Waals surface area (Å²) in [6, 6.07) is 9.50. The molecule has 1 amide bonds. The number of nitrogens with zero attached hydrogens (tertiary/aromatic N) is 3. The number of pyridine rings is 2. The van der Waals surface area contributed by atoms with Gasteiger partial charge in [0, 0.05) is 43.2 Å². The second-order valence-electron chi connectivity index (χ2n) is 11.7. The van der Waals surface area contributed by atoms with Crippen LogP contribution in [0.3, 0.4) is 0 Å². The molecule has 9 heteroatoms. The molecule has 0 aliphatic carbocycles. The average Bonchev–Trinajstić information content (AvgIpc) is 2.87. The molecule has 1 aliphatic rings. The van der Waals surface area contributed by atoms with E-state index in [4.69, 9.17) is 0 Å². The summed E-state index contributed by atoms with van der Waals surface area (Å²) >= 11 is 0. The molecule has 0 bridgehead atoms. The first-order chi connectivity index (χ1) is 19.3. The zero-order valence-electron chi connectivity index (χ0n) is 24.3. The number of ketones is 1. The zero-order valence-corrected chi connectivity index (χ0v) is 24.3. The number of halogens is 2. The van der Waals surface area contributed by atoms with E-state index in [2.05, 4.69) is 10.3 Å². The quantitative estimate of drug-likeness (QED) is 0.337. The zero-order chi connectivity index (χ0) is 29.9. The fraction of sp³-hybridized carbons (Fsp3) is 0.438. The van der Waals surface area contributed by atoms with Crippen molar-refractivity contribution in [2.45, 2.75) is 72.0 Å². The van der Waals surface area contributed by atoms with E-state index in [1.807, 2.05) is 52.0 Å². The summed E-state index contributed by atoms with van der Waals surface area (Å²) < 4.78 is 28.1.